The Labute approximate surface area is 180 Å². The average Bonchev–Trinajstić information content (AvgIpc) is 3.20. The van der Waals surface area contributed by atoms with Crippen molar-refractivity contribution in [1.29, 1.82) is 0 Å². The summed E-state index contributed by atoms with van der Waals surface area (Å²) in [5, 5.41) is 3.39. The van der Waals surface area contributed by atoms with Gasteiger partial charge in [-0.15, -0.1) is 24.0 Å². The predicted octanol–water partition coefficient (Wildman–Crippen LogP) is 2.35. The molecular weight excluding hydrogens is 457 g/mol. The third-order valence-electron chi connectivity index (χ3n) is 4.87. The van der Waals surface area contributed by atoms with Crippen LogP contribution >= 0.6 is 24.0 Å². The maximum atomic E-state index is 12.4. The first-order valence-electron chi connectivity index (χ1n) is 9.70. The standard InChI is InChI=1S/C19H33N5O2.HI/c1-5-20-19(21-15-16(4)22(6-2)7-3)24-12-10-23(11-13-24)18(25)17-9-8-14-26-17;/h8-9,14,16H,5-7,10-13,15H2,1-4H3,(H,20,21);1H. The molecule has 1 amide bonds. The zero-order chi connectivity index (χ0) is 18.9. The molecule has 1 aliphatic heterocycles. The highest BCUT2D eigenvalue weighted by Gasteiger charge is 2.25. The number of likely N-dealkylation sites (N-methyl/N-ethyl adjacent to an activating group) is 1. The molecule has 1 aromatic heterocycles. The van der Waals surface area contributed by atoms with Crippen LogP contribution in [0.25, 0.3) is 0 Å². The smallest absolute Gasteiger partial charge is 0.289 e. The molecule has 0 radical (unpaired) electrons. The molecule has 27 heavy (non-hydrogen) atoms. The molecule has 1 fully saturated rings. The van der Waals surface area contributed by atoms with Gasteiger partial charge in [-0.25, -0.2) is 0 Å². The summed E-state index contributed by atoms with van der Waals surface area (Å²) >= 11 is 0. The zero-order valence-corrected chi connectivity index (χ0v) is 19.3. The van der Waals surface area contributed by atoms with Gasteiger partial charge in [-0.1, -0.05) is 13.8 Å². The van der Waals surface area contributed by atoms with Gasteiger partial charge in [-0.2, -0.15) is 0 Å². The summed E-state index contributed by atoms with van der Waals surface area (Å²) in [6.07, 6.45) is 1.54. The summed E-state index contributed by atoms with van der Waals surface area (Å²) in [4.78, 5) is 23.7. The molecule has 0 saturated carbocycles. The van der Waals surface area contributed by atoms with Gasteiger partial charge in [-0.3, -0.25) is 14.7 Å². The summed E-state index contributed by atoms with van der Waals surface area (Å²) in [6.45, 7) is 15.3. The number of hydrogen-bond acceptors (Lipinski definition) is 4. The van der Waals surface area contributed by atoms with E-state index in [-0.39, 0.29) is 29.9 Å². The summed E-state index contributed by atoms with van der Waals surface area (Å²) in [5.41, 5.74) is 0. The Morgan fingerprint density at radius 1 is 1.22 bits per heavy atom. The van der Waals surface area contributed by atoms with Crippen LogP contribution < -0.4 is 5.32 Å². The van der Waals surface area contributed by atoms with Crippen LogP contribution in [0.1, 0.15) is 38.2 Å². The quantitative estimate of drug-likeness (QED) is 0.361. The Bertz CT molecular complexity index is 567. The van der Waals surface area contributed by atoms with Gasteiger partial charge in [-0.05, 0) is 39.1 Å². The lowest BCUT2D eigenvalue weighted by atomic mass is 10.2. The molecule has 1 aliphatic rings. The van der Waals surface area contributed by atoms with E-state index in [4.69, 9.17) is 9.41 Å². The fourth-order valence-electron chi connectivity index (χ4n) is 3.28. The highest BCUT2D eigenvalue weighted by atomic mass is 127. The monoisotopic (exact) mass is 491 g/mol. The van der Waals surface area contributed by atoms with Crippen LogP contribution in [-0.2, 0) is 0 Å². The maximum absolute atomic E-state index is 12.4. The lowest BCUT2D eigenvalue weighted by Crippen LogP contribution is -2.54. The van der Waals surface area contributed by atoms with Crippen LogP contribution in [0.3, 0.4) is 0 Å². The van der Waals surface area contributed by atoms with Crippen LogP contribution in [0.2, 0.25) is 0 Å². The van der Waals surface area contributed by atoms with Crippen LogP contribution in [-0.4, -0.2) is 85.0 Å². The molecule has 1 N–H and O–H groups in total. The molecular formula is C19H34IN5O2. The van der Waals surface area contributed by atoms with Gasteiger partial charge in [0.15, 0.2) is 11.7 Å². The van der Waals surface area contributed by atoms with Crippen LogP contribution in [0.4, 0.5) is 0 Å². The minimum atomic E-state index is -0.0354. The first-order chi connectivity index (χ1) is 12.6. The summed E-state index contributed by atoms with van der Waals surface area (Å²) in [7, 11) is 0. The number of halogens is 1. The van der Waals surface area contributed by atoms with E-state index in [0.29, 0.717) is 24.9 Å². The summed E-state index contributed by atoms with van der Waals surface area (Å²) < 4.78 is 5.22. The molecule has 0 bridgehead atoms. The van der Waals surface area contributed by atoms with Crippen LogP contribution in [0, 0.1) is 0 Å². The van der Waals surface area contributed by atoms with Gasteiger partial charge >= 0.3 is 0 Å². The molecule has 0 aromatic carbocycles. The Morgan fingerprint density at radius 2 is 1.85 bits per heavy atom. The number of hydrogen-bond donors (Lipinski definition) is 1. The number of guanidine groups is 1. The Kier molecular flexibility index (Phi) is 10.8. The second kappa shape index (κ2) is 12.2. The molecule has 154 valence electrons. The Morgan fingerprint density at radius 3 is 2.37 bits per heavy atom. The van der Waals surface area contributed by atoms with Gasteiger partial charge in [0.1, 0.15) is 0 Å². The van der Waals surface area contributed by atoms with Crippen LogP contribution in [0.15, 0.2) is 27.8 Å². The zero-order valence-electron chi connectivity index (χ0n) is 17.0. The van der Waals surface area contributed by atoms with Gasteiger partial charge < -0.3 is 19.5 Å². The molecule has 2 heterocycles. The number of furan rings is 1. The number of carbonyl (C=O) groups is 1. The highest BCUT2D eigenvalue weighted by molar-refractivity contribution is 14.0. The lowest BCUT2D eigenvalue weighted by Gasteiger charge is -2.36. The third kappa shape index (κ3) is 6.67. The SMILES string of the molecule is CCNC(=NCC(C)N(CC)CC)N1CCN(C(=O)c2ccco2)CC1.I. The largest absolute Gasteiger partial charge is 0.459 e. The summed E-state index contributed by atoms with van der Waals surface area (Å²) in [6, 6.07) is 3.88. The van der Waals surface area contributed by atoms with Crippen molar-refractivity contribution in [1.82, 2.24) is 20.0 Å². The van der Waals surface area contributed by atoms with E-state index < -0.39 is 0 Å². The van der Waals surface area contributed by atoms with E-state index in [2.05, 4.69) is 42.8 Å². The van der Waals surface area contributed by atoms with Crippen molar-refractivity contribution in [3.63, 3.8) is 0 Å². The molecule has 1 unspecified atom stereocenters. The Balaban J connectivity index is 0.00000364. The second-order valence-electron chi connectivity index (χ2n) is 6.52. The fourth-order valence-corrected chi connectivity index (χ4v) is 3.28. The average molecular weight is 491 g/mol. The molecule has 1 saturated heterocycles. The van der Waals surface area contributed by atoms with Crippen molar-refractivity contribution in [3.05, 3.63) is 24.2 Å². The van der Waals surface area contributed by atoms with E-state index in [1.54, 1.807) is 12.1 Å². The number of carbonyl (C=O) groups excluding carboxylic acids is 1. The number of piperazine rings is 1. The normalized spacial score (nSPS) is 16.3. The topological polar surface area (TPSA) is 64.3 Å². The second-order valence-corrected chi connectivity index (χ2v) is 6.52. The Hall–Kier alpha value is -1.29. The van der Waals surface area contributed by atoms with Gasteiger partial charge in [0.2, 0.25) is 0 Å². The van der Waals surface area contributed by atoms with Gasteiger partial charge in [0, 0.05) is 38.8 Å². The maximum Gasteiger partial charge on any atom is 0.289 e. The minimum absolute atomic E-state index is 0. The number of rotatable bonds is 7. The molecule has 0 spiro atoms. The lowest BCUT2D eigenvalue weighted by molar-refractivity contribution is 0.0657. The van der Waals surface area contributed by atoms with E-state index in [1.807, 2.05) is 4.90 Å². The van der Waals surface area contributed by atoms with E-state index >= 15 is 0 Å². The van der Waals surface area contributed by atoms with E-state index in [1.165, 1.54) is 6.26 Å². The van der Waals surface area contributed by atoms with Crippen molar-refractivity contribution in [2.75, 3.05) is 52.4 Å². The fraction of sp³-hybridized carbons (Fsp3) is 0.684. The minimum Gasteiger partial charge on any atom is -0.459 e. The van der Waals surface area contributed by atoms with Gasteiger partial charge in [0.05, 0.1) is 12.8 Å². The number of nitrogens with zero attached hydrogens (tertiary/aromatic N) is 4. The van der Waals surface area contributed by atoms with Crippen molar-refractivity contribution in [2.24, 2.45) is 4.99 Å². The third-order valence-corrected chi connectivity index (χ3v) is 4.87. The number of amides is 1. The molecule has 2 rings (SSSR count). The van der Waals surface area contributed by atoms with Crippen molar-refractivity contribution >= 4 is 35.8 Å². The predicted molar refractivity (Wildman–Crippen MR) is 120 cm³/mol. The number of aliphatic imine (C=N–C) groups is 1. The van der Waals surface area contributed by atoms with Crippen molar-refractivity contribution in [2.45, 2.75) is 33.7 Å². The number of nitrogens with one attached hydrogen (secondary N) is 1. The first kappa shape index (κ1) is 23.7. The van der Waals surface area contributed by atoms with Gasteiger partial charge in [0.25, 0.3) is 5.91 Å². The molecule has 0 aliphatic carbocycles. The molecule has 7 nitrogen and oxygen atoms in total. The van der Waals surface area contributed by atoms with E-state index in [0.717, 1.165) is 45.2 Å². The molecule has 8 heteroatoms. The first-order valence-corrected chi connectivity index (χ1v) is 9.70. The van der Waals surface area contributed by atoms with Crippen molar-refractivity contribution in [3.8, 4) is 0 Å². The summed E-state index contributed by atoms with van der Waals surface area (Å²) in [5.74, 6) is 1.32. The highest BCUT2D eigenvalue weighted by Crippen LogP contribution is 2.10. The molecule has 1 atom stereocenters. The van der Waals surface area contributed by atoms with Crippen molar-refractivity contribution < 1.29 is 9.21 Å². The molecule has 1 aromatic rings. The van der Waals surface area contributed by atoms with E-state index in [9.17, 15) is 4.79 Å². The van der Waals surface area contributed by atoms with Crippen LogP contribution in [0.5, 0.6) is 0 Å².